The van der Waals surface area contributed by atoms with Crippen LogP contribution in [-0.4, -0.2) is 24.9 Å². The van der Waals surface area contributed by atoms with Crippen LogP contribution in [0.15, 0.2) is 46.6 Å². The quantitative estimate of drug-likeness (QED) is 0.537. The van der Waals surface area contributed by atoms with Crippen molar-refractivity contribution in [2.75, 3.05) is 5.75 Å². The van der Waals surface area contributed by atoms with Crippen LogP contribution >= 0.6 is 11.8 Å². The Hall–Kier alpha value is -2.08. The molecule has 0 saturated heterocycles. The van der Waals surface area contributed by atoms with Gasteiger partial charge in [-0.25, -0.2) is 9.97 Å². The summed E-state index contributed by atoms with van der Waals surface area (Å²) in [6.07, 6.45) is 3.77. The summed E-state index contributed by atoms with van der Waals surface area (Å²) in [5, 5.41) is 1.46. The van der Waals surface area contributed by atoms with E-state index in [0.717, 1.165) is 28.8 Å². The lowest BCUT2D eigenvalue weighted by atomic mass is 10.2. The third-order valence-corrected chi connectivity index (χ3v) is 4.59. The number of thioether (sulfide) groups is 1. The lowest BCUT2D eigenvalue weighted by molar-refractivity contribution is 0.633. The maximum Gasteiger partial charge on any atom is 0.262 e. The maximum absolute atomic E-state index is 12.5. The van der Waals surface area contributed by atoms with E-state index in [1.54, 1.807) is 22.5 Å². The van der Waals surface area contributed by atoms with Crippen molar-refractivity contribution in [2.24, 2.45) is 0 Å². The van der Waals surface area contributed by atoms with E-state index in [-0.39, 0.29) is 5.56 Å². The molecule has 6 heteroatoms. The highest BCUT2D eigenvalue weighted by Gasteiger charge is 2.10. The molecule has 5 nitrogen and oxygen atoms in total. The number of hydrogen-bond donors (Lipinski definition) is 0. The third kappa shape index (κ3) is 2.78. The Bertz CT molecular complexity index is 853. The van der Waals surface area contributed by atoms with Gasteiger partial charge in [0.05, 0.1) is 10.9 Å². The zero-order valence-electron chi connectivity index (χ0n) is 12.7. The number of hydrogen-bond acceptors (Lipinski definition) is 4. The number of rotatable bonds is 5. The molecular weight excluding hydrogens is 296 g/mol. The molecule has 0 spiro atoms. The fraction of sp³-hybridized carbons (Fsp3) is 0.312. The van der Waals surface area contributed by atoms with E-state index in [4.69, 9.17) is 0 Å². The topological polar surface area (TPSA) is 52.7 Å². The first-order chi connectivity index (χ1) is 10.7. The van der Waals surface area contributed by atoms with Gasteiger partial charge < -0.3 is 4.57 Å². The summed E-state index contributed by atoms with van der Waals surface area (Å²) in [6.45, 7) is 5.44. The molecule has 22 heavy (non-hydrogen) atoms. The van der Waals surface area contributed by atoms with E-state index >= 15 is 0 Å². The third-order valence-electron chi connectivity index (χ3n) is 3.63. The molecule has 1 aromatic carbocycles. The number of para-hydroxylation sites is 1. The molecule has 0 saturated carbocycles. The van der Waals surface area contributed by atoms with E-state index in [0.29, 0.717) is 11.9 Å². The number of fused-ring (bicyclic) bond motifs is 1. The molecule has 3 rings (SSSR count). The molecule has 0 aliphatic rings. The van der Waals surface area contributed by atoms with E-state index < -0.39 is 0 Å². The highest BCUT2D eigenvalue weighted by molar-refractivity contribution is 7.99. The van der Waals surface area contributed by atoms with Crippen LogP contribution < -0.4 is 5.56 Å². The minimum Gasteiger partial charge on any atom is -0.334 e. The molecule has 2 aromatic heterocycles. The second-order valence-electron chi connectivity index (χ2n) is 4.98. The summed E-state index contributed by atoms with van der Waals surface area (Å²) in [5.74, 6) is 1.85. The average molecular weight is 314 g/mol. The lowest BCUT2D eigenvalue weighted by Gasteiger charge is -2.11. The zero-order valence-corrected chi connectivity index (χ0v) is 13.5. The second kappa shape index (κ2) is 6.36. The van der Waals surface area contributed by atoms with Crippen LogP contribution in [0, 0.1) is 6.92 Å². The average Bonchev–Trinajstić information content (AvgIpc) is 2.93. The van der Waals surface area contributed by atoms with Gasteiger partial charge in [0.2, 0.25) is 0 Å². The Morgan fingerprint density at radius 2 is 2.09 bits per heavy atom. The first-order valence-electron chi connectivity index (χ1n) is 7.31. The number of imidazole rings is 1. The summed E-state index contributed by atoms with van der Waals surface area (Å²) in [5.41, 5.74) is 0.799. The van der Waals surface area contributed by atoms with Crippen LogP contribution in [0.25, 0.3) is 10.9 Å². The van der Waals surface area contributed by atoms with Gasteiger partial charge in [-0.1, -0.05) is 23.9 Å². The summed E-state index contributed by atoms with van der Waals surface area (Å²) < 4.78 is 3.84. The van der Waals surface area contributed by atoms with Crippen LogP contribution in [0.3, 0.4) is 0 Å². The van der Waals surface area contributed by atoms with Crippen molar-refractivity contribution in [3.8, 4) is 0 Å². The summed E-state index contributed by atoms with van der Waals surface area (Å²) >= 11 is 1.61. The van der Waals surface area contributed by atoms with Crippen molar-refractivity contribution in [3.05, 3.63) is 52.8 Å². The molecule has 114 valence electrons. The largest absolute Gasteiger partial charge is 0.334 e. The van der Waals surface area contributed by atoms with Gasteiger partial charge in [-0.2, -0.15) is 0 Å². The Morgan fingerprint density at radius 3 is 2.82 bits per heavy atom. The molecule has 0 bridgehead atoms. The van der Waals surface area contributed by atoms with Gasteiger partial charge in [0, 0.05) is 31.2 Å². The van der Waals surface area contributed by atoms with Gasteiger partial charge in [-0.3, -0.25) is 9.36 Å². The molecule has 0 N–H and O–H groups in total. The number of aromatic nitrogens is 4. The van der Waals surface area contributed by atoms with Gasteiger partial charge in [-0.15, -0.1) is 0 Å². The Balaban J connectivity index is 1.86. The van der Waals surface area contributed by atoms with Gasteiger partial charge in [-0.05, 0) is 26.0 Å². The zero-order chi connectivity index (χ0) is 15.5. The van der Waals surface area contributed by atoms with Crippen LogP contribution in [0.2, 0.25) is 0 Å². The molecule has 0 aliphatic carbocycles. The van der Waals surface area contributed by atoms with E-state index in [1.165, 1.54) is 0 Å². The number of benzene rings is 1. The van der Waals surface area contributed by atoms with Crippen LogP contribution in [-0.2, 0) is 13.1 Å². The number of nitrogens with zero attached hydrogens (tertiary/aromatic N) is 4. The van der Waals surface area contributed by atoms with E-state index in [1.807, 2.05) is 44.3 Å². The molecular formula is C16H18N4OS. The molecule has 0 unspecified atom stereocenters. The second-order valence-corrected chi connectivity index (χ2v) is 6.04. The van der Waals surface area contributed by atoms with E-state index in [9.17, 15) is 4.79 Å². The van der Waals surface area contributed by atoms with Crippen LogP contribution in [0.4, 0.5) is 0 Å². The molecule has 0 amide bonds. The Labute approximate surface area is 133 Å². The summed E-state index contributed by atoms with van der Waals surface area (Å²) in [6, 6.07) is 7.51. The highest BCUT2D eigenvalue weighted by atomic mass is 32.2. The highest BCUT2D eigenvalue weighted by Crippen LogP contribution is 2.18. The van der Waals surface area contributed by atoms with Crippen LogP contribution in [0.5, 0.6) is 0 Å². The minimum absolute atomic E-state index is 0.0365. The van der Waals surface area contributed by atoms with E-state index in [2.05, 4.69) is 14.5 Å². The molecule has 2 heterocycles. The van der Waals surface area contributed by atoms with Crippen molar-refractivity contribution in [2.45, 2.75) is 32.1 Å². The van der Waals surface area contributed by atoms with Crippen molar-refractivity contribution in [1.29, 1.82) is 0 Å². The molecule has 0 fully saturated rings. The molecule has 3 aromatic rings. The maximum atomic E-state index is 12.5. The fourth-order valence-electron chi connectivity index (χ4n) is 2.41. The molecule has 0 atom stereocenters. The number of aryl methyl sites for hydroxylation is 2. The molecule has 0 radical (unpaired) electrons. The predicted molar refractivity (Wildman–Crippen MR) is 89.4 cm³/mol. The predicted octanol–water partition coefficient (Wildman–Crippen LogP) is 2.71. The van der Waals surface area contributed by atoms with Crippen molar-refractivity contribution in [1.82, 2.24) is 19.1 Å². The first kappa shape index (κ1) is 14.8. The Kier molecular flexibility index (Phi) is 4.29. The summed E-state index contributed by atoms with van der Waals surface area (Å²) in [7, 11) is 0. The van der Waals surface area contributed by atoms with Crippen LogP contribution in [0.1, 0.15) is 12.7 Å². The monoisotopic (exact) mass is 314 g/mol. The minimum atomic E-state index is 0.0365. The Morgan fingerprint density at radius 1 is 1.27 bits per heavy atom. The van der Waals surface area contributed by atoms with Gasteiger partial charge in [0.1, 0.15) is 5.82 Å². The lowest BCUT2D eigenvalue weighted by Crippen LogP contribution is -2.22. The van der Waals surface area contributed by atoms with Gasteiger partial charge >= 0.3 is 0 Å². The normalized spacial score (nSPS) is 11.2. The SMILES string of the molecule is CCn1c(SCCn2ccnc2C)nc2ccccc2c1=O. The molecule has 0 aliphatic heterocycles. The van der Waals surface area contributed by atoms with Crippen molar-refractivity contribution < 1.29 is 0 Å². The van der Waals surface area contributed by atoms with Crippen molar-refractivity contribution >= 4 is 22.7 Å². The van der Waals surface area contributed by atoms with Gasteiger partial charge in [0.25, 0.3) is 5.56 Å². The first-order valence-corrected chi connectivity index (χ1v) is 8.29. The van der Waals surface area contributed by atoms with Crippen molar-refractivity contribution in [3.63, 3.8) is 0 Å². The van der Waals surface area contributed by atoms with Gasteiger partial charge in [0.15, 0.2) is 5.16 Å². The fourth-order valence-corrected chi connectivity index (χ4v) is 3.41. The summed E-state index contributed by atoms with van der Waals surface area (Å²) in [4.78, 5) is 21.4. The standard InChI is InChI=1S/C16H18N4OS/c1-3-20-15(21)13-6-4-5-7-14(13)18-16(20)22-11-10-19-9-8-17-12(19)2/h4-9H,3,10-11H2,1-2H3. The smallest absolute Gasteiger partial charge is 0.262 e.